The van der Waals surface area contributed by atoms with Crippen molar-refractivity contribution in [1.29, 1.82) is 0 Å². The van der Waals surface area contributed by atoms with Crippen LogP contribution in [0.1, 0.15) is 39.0 Å². The zero-order valence-corrected chi connectivity index (χ0v) is 9.98. The highest BCUT2D eigenvalue weighted by atomic mass is 16.4. The van der Waals surface area contributed by atoms with Gasteiger partial charge in [0, 0.05) is 5.57 Å². The lowest BCUT2D eigenvalue weighted by Gasteiger charge is -2.26. The summed E-state index contributed by atoms with van der Waals surface area (Å²) in [5.41, 5.74) is 0.176. The minimum absolute atomic E-state index is 0.0493. The topological polar surface area (TPSA) is 57.5 Å². The van der Waals surface area contributed by atoms with E-state index in [1.807, 2.05) is 6.08 Å². The Bertz CT molecular complexity index is 234. The Kier molecular flexibility index (Phi) is 7.56. The molecular weight excluding hydrogens is 204 g/mol. The predicted octanol–water partition coefficient (Wildman–Crippen LogP) is 2.76. The number of carbonyl (C=O) groups is 1. The number of hydrogen-bond donors (Lipinski definition) is 2. The number of aliphatic hydroxyl groups is 1. The maximum atomic E-state index is 9.60. The van der Waals surface area contributed by atoms with Crippen LogP contribution in [0.4, 0.5) is 0 Å². The molecule has 0 heterocycles. The lowest BCUT2D eigenvalue weighted by atomic mass is 9.84. The quantitative estimate of drug-likeness (QED) is 0.574. The second-order valence-electron chi connectivity index (χ2n) is 4.22. The lowest BCUT2D eigenvalue weighted by molar-refractivity contribution is -0.132. The molecular formula is C13H22O3. The zero-order valence-electron chi connectivity index (χ0n) is 9.98. The van der Waals surface area contributed by atoms with Gasteiger partial charge in [0.05, 0.1) is 6.10 Å². The van der Waals surface area contributed by atoms with E-state index in [-0.39, 0.29) is 11.7 Å². The molecule has 0 aromatic carbocycles. The SMILES string of the molecule is C=C(C)C(=O)O.C=CCC1CCCCC1O. The number of carboxylic acid groups (broad SMARTS) is 1. The molecule has 1 aliphatic rings. The van der Waals surface area contributed by atoms with Crippen molar-refractivity contribution in [3.8, 4) is 0 Å². The Morgan fingerprint density at radius 2 is 1.94 bits per heavy atom. The fraction of sp³-hybridized carbons (Fsp3) is 0.615. The third-order valence-electron chi connectivity index (χ3n) is 2.70. The number of aliphatic hydroxyl groups excluding tert-OH is 1. The van der Waals surface area contributed by atoms with E-state index in [9.17, 15) is 9.90 Å². The largest absolute Gasteiger partial charge is 0.478 e. The Balaban J connectivity index is 0.000000325. The number of aliphatic carboxylic acids is 1. The van der Waals surface area contributed by atoms with Gasteiger partial charge in [0.15, 0.2) is 0 Å². The van der Waals surface area contributed by atoms with Crippen molar-refractivity contribution in [2.75, 3.05) is 0 Å². The lowest BCUT2D eigenvalue weighted by Crippen LogP contribution is -2.23. The van der Waals surface area contributed by atoms with Crippen LogP contribution in [0.3, 0.4) is 0 Å². The molecule has 1 saturated carbocycles. The van der Waals surface area contributed by atoms with Crippen molar-refractivity contribution in [2.45, 2.75) is 45.1 Å². The first-order chi connectivity index (χ1) is 7.49. The molecule has 0 aliphatic heterocycles. The van der Waals surface area contributed by atoms with Crippen LogP contribution in [-0.4, -0.2) is 22.3 Å². The fourth-order valence-electron chi connectivity index (χ4n) is 1.68. The van der Waals surface area contributed by atoms with Gasteiger partial charge in [-0.2, -0.15) is 0 Å². The van der Waals surface area contributed by atoms with E-state index in [1.54, 1.807) is 0 Å². The molecule has 0 radical (unpaired) electrons. The summed E-state index contributed by atoms with van der Waals surface area (Å²) in [5.74, 6) is -0.429. The molecule has 1 fully saturated rings. The summed E-state index contributed by atoms with van der Waals surface area (Å²) in [6, 6.07) is 0. The van der Waals surface area contributed by atoms with Crippen LogP contribution < -0.4 is 0 Å². The molecule has 3 nitrogen and oxygen atoms in total. The Labute approximate surface area is 97.5 Å². The van der Waals surface area contributed by atoms with Crippen LogP contribution in [0.25, 0.3) is 0 Å². The number of hydrogen-bond acceptors (Lipinski definition) is 2. The first kappa shape index (κ1) is 14.9. The summed E-state index contributed by atoms with van der Waals surface area (Å²) in [4.78, 5) is 9.60. The van der Waals surface area contributed by atoms with Gasteiger partial charge >= 0.3 is 5.97 Å². The number of allylic oxidation sites excluding steroid dienone is 1. The smallest absolute Gasteiger partial charge is 0.330 e. The molecule has 3 heteroatoms. The van der Waals surface area contributed by atoms with E-state index in [0.717, 1.165) is 12.8 Å². The number of carboxylic acids is 1. The molecule has 0 bridgehead atoms. The average molecular weight is 226 g/mol. The first-order valence-corrected chi connectivity index (χ1v) is 5.66. The second-order valence-corrected chi connectivity index (χ2v) is 4.22. The van der Waals surface area contributed by atoms with Crippen LogP contribution in [0, 0.1) is 5.92 Å². The predicted molar refractivity (Wildman–Crippen MR) is 65.2 cm³/mol. The van der Waals surface area contributed by atoms with Gasteiger partial charge in [-0.15, -0.1) is 6.58 Å². The Morgan fingerprint density at radius 1 is 1.44 bits per heavy atom. The summed E-state index contributed by atoms with van der Waals surface area (Å²) in [5, 5.41) is 17.3. The average Bonchev–Trinajstić information content (AvgIpc) is 2.22. The standard InChI is InChI=1S/C9H16O.C4H6O2/c1-2-5-8-6-3-4-7-9(8)10;1-3(2)4(5)6/h2,8-10H,1,3-7H2;1H2,2H3,(H,5,6). The highest BCUT2D eigenvalue weighted by Gasteiger charge is 2.20. The van der Waals surface area contributed by atoms with Crippen molar-refractivity contribution >= 4 is 5.97 Å². The van der Waals surface area contributed by atoms with E-state index in [2.05, 4.69) is 13.2 Å². The third-order valence-corrected chi connectivity index (χ3v) is 2.70. The zero-order chi connectivity index (χ0) is 12.6. The van der Waals surface area contributed by atoms with Gasteiger partial charge in [0.25, 0.3) is 0 Å². The van der Waals surface area contributed by atoms with Crippen LogP contribution in [0.15, 0.2) is 24.8 Å². The van der Waals surface area contributed by atoms with Crippen LogP contribution in [0.5, 0.6) is 0 Å². The van der Waals surface area contributed by atoms with Gasteiger partial charge < -0.3 is 10.2 Å². The third kappa shape index (κ3) is 6.40. The molecule has 0 spiro atoms. The van der Waals surface area contributed by atoms with Crippen molar-refractivity contribution in [1.82, 2.24) is 0 Å². The molecule has 0 aromatic heterocycles. The highest BCUT2D eigenvalue weighted by Crippen LogP contribution is 2.26. The van der Waals surface area contributed by atoms with Gasteiger partial charge in [0.2, 0.25) is 0 Å². The van der Waals surface area contributed by atoms with Crippen molar-refractivity contribution in [2.24, 2.45) is 5.92 Å². The van der Waals surface area contributed by atoms with Gasteiger partial charge in [-0.25, -0.2) is 4.79 Å². The minimum Gasteiger partial charge on any atom is -0.478 e. The summed E-state index contributed by atoms with van der Waals surface area (Å²) >= 11 is 0. The highest BCUT2D eigenvalue weighted by molar-refractivity contribution is 5.84. The monoisotopic (exact) mass is 226 g/mol. The first-order valence-electron chi connectivity index (χ1n) is 5.66. The maximum absolute atomic E-state index is 9.60. The van der Waals surface area contributed by atoms with E-state index in [0.29, 0.717) is 5.92 Å². The van der Waals surface area contributed by atoms with Gasteiger partial charge in [-0.05, 0) is 32.1 Å². The van der Waals surface area contributed by atoms with Crippen LogP contribution in [0.2, 0.25) is 0 Å². The molecule has 16 heavy (non-hydrogen) atoms. The Morgan fingerprint density at radius 3 is 2.31 bits per heavy atom. The van der Waals surface area contributed by atoms with Crippen LogP contribution in [-0.2, 0) is 4.79 Å². The molecule has 2 N–H and O–H groups in total. The van der Waals surface area contributed by atoms with E-state index in [4.69, 9.17) is 5.11 Å². The van der Waals surface area contributed by atoms with Crippen molar-refractivity contribution < 1.29 is 15.0 Å². The maximum Gasteiger partial charge on any atom is 0.330 e. The van der Waals surface area contributed by atoms with Gasteiger partial charge in [-0.3, -0.25) is 0 Å². The molecule has 92 valence electrons. The molecule has 1 rings (SSSR count). The number of rotatable bonds is 3. The van der Waals surface area contributed by atoms with E-state index >= 15 is 0 Å². The second kappa shape index (κ2) is 8.11. The molecule has 0 aromatic rings. The molecule has 2 unspecified atom stereocenters. The van der Waals surface area contributed by atoms with E-state index < -0.39 is 5.97 Å². The minimum atomic E-state index is -0.935. The summed E-state index contributed by atoms with van der Waals surface area (Å²) < 4.78 is 0. The summed E-state index contributed by atoms with van der Waals surface area (Å²) in [6.45, 7) is 8.28. The molecule has 1 aliphatic carbocycles. The summed E-state index contributed by atoms with van der Waals surface area (Å²) in [7, 11) is 0. The van der Waals surface area contributed by atoms with Crippen molar-refractivity contribution in [3.05, 3.63) is 24.8 Å². The fourth-order valence-corrected chi connectivity index (χ4v) is 1.68. The Hall–Kier alpha value is -1.09. The van der Waals surface area contributed by atoms with Crippen molar-refractivity contribution in [3.63, 3.8) is 0 Å². The summed E-state index contributed by atoms with van der Waals surface area (Å²) in [6.07, 6.45) is 7.53. The van der Waals surface area contributed by atoms with E-state index in [1.165, 1.54) is 26.2 Å². The van der Waals surface area contributed by atoms with Crippen LogP contribution >= 0.6 is 0 Å². The van der Waals surface area contributed by atoms with Gasteiger partial charge in [0.1, 0.15) is 0 Å². The normalized spacial score (nSPS) is 23.9. The molecule has 0 amide bonds. The molecule has 0 saturated heterocycles. The van der Waals surface area contributed by atoms with Gasteiger partial charge in [-0.1, -0.05) is 25.5 Å². The molecule has 2 atom stereocenters.